The molecule has 20 heavy (non-hydrogen) atoms. The Bertz CT molecular complexity index is 672. The quantitative estimate of drug-likeness (QED) is 0.668. The van der Waals surface area contributed by atoms with Crippen molar-refractivity contribution in [1.29, 1.82) is 0 Å². The van der Waals surface area contributed by atoms with Crippen molar-refractivity contribution in [2.45, 2.75) is 5.92 Å². The summed E-state index contributed by atoms with van der Waals surface area (Å²) in [6.07, 6.45) is 3.47. The molecule has 0 saturated heterocycles. The van der Waals surface area contributed by atoms with Crippen LogP contribution in [0.25, 0.3) is 0 Å². The molecule has 3 rings (SSSR count). The molecule has 0 spiro atoms. The van der Waals surface area contributed by atoms with Gasteiger partial charge in [-0.25, -0.2) is 8.78 Å². The van der Waals surface area contributed by atoms with Gasteiger partial charge in [-0.05, 0) is 36.4 Å². The average molecular weight is 293 g/mol. The van der Waals surface area contributed by atoms with Gasteiger partial charge in [0.25, 0.3) is 0 Å². The number of nitrogens with one attached hydrogen (secondary N) is 2. The van der Waals surface area contributed by atoms with Gasteiger partial charge >= 0.3 is 0 Å². The van der Waals surface area contributed by atoms with Crippen LogP contribution in [0, 0.1) is 11.6 Å². The van der Waals surface area contributed by atoms with E-state index in [4.69, 9.17) is 11.6 Å². The van der Waals surface area contributed by atoms with E-state index in [9.17, 15) is 8.78 Å². The maximum absolute atomic E-state index is 14.2. The molecule has 0 fully saturated rings. The van der Waals surface area contributed by atoms with Gasteiger partial charge in [0, 0.05) is 29.3 Å². The predicted molar refractivity (Wildman–Crippen MR) is 73.9 cm³/mol. The van der Waals surface area contributed by atoms with Gasteiger partial charge in [0.1, 0.15) is 11.6 Å². The summed E-state index contributed by atoms with van der Waals surface area (Å²) in [6, 6.07) is 9.35. The lowest BCUT2D eigenvalue weighted by molar-refractivity contribution is 0.581. The molecule has 102 valence electrons. The number of halogens is 3. The highest BCUT2D eigenvalue weighted by molar-refractivity contribution is 6.31. The van der Waals surface area contributed by atoms with Crippen LogP contribution in [0.5, 0.6) is 0 Å². The standard InChI is InChI=1S/C15H11ClF2N2/c16-15-10(18)6-5-9(17)13(15)14(11-3-1-7-19-11)12-4-2-8-20-12/h1-8,14,19-20H. The number of aromatic nitrogens is 2. The molecule has 0 aliphatic carbocycles. The van der Waals surface area contributed by atoms with Crippen molar-refractivity contribution in [3.63, 3.8) is 0 Å². The zero-order valence-corrected chi connectivity index (χ0v) is 11.1. The van der Waals surface area contributed by atoms with Crippen molar-refractivity contribution in [2.75, 3.05) is 0 Å². The highest BCUT2D eigenvalue weighted by atomic mass is 35.5. The Morgan fingerprint density at radius 1 is 0.850 bits per heavy atom. The number of hydrogen-bond acceptors (Lipinski definition) is 0. The van der Waals surface area contributed by atoms with E-state index in [-0.39, 0.29) is 10.6 Å². The molecular formula is C15H11ClF2N2. The fraction of sp³-hybridized carbons (Fsp3) is 0.0667. The monoisotopic (exact) mass is 292 g/mol. The lowest BCUT2D eigenvalue weighted by Gasteiger charge is -2.18. The molecule has 0 aliphatic heterocycles. The fourth-order valence-electron chi connectivity index (χ4n) is 2.33. The van der Waals surface area contributed by atoms with Crippen LogP contribution in [0.4, 0.5) is 8.78 Å². The summed E-state index contributed by atoms with van der Waals surface area (Å²) in [6.45, 7) is 0. The van der Waals surface area contributed by atoms with Gasteiger partial charge in [-0.2, -0.15) is 0 Å². The number of rotatable bonds is 3. The third-order valence-corrected chi connectivity index (χ3v) is 3.62. The molecule has 0 aliphatic rings. The number of benzene rings is 1. The minimum Gasteiger partial charge on any atom is -0.364 e. The molecule has 2 aromatic heterocycles. The van der Waals surface area contributed by atoms with Crippen molar-refractivity contribution in [1.82, 2.24) is 9.97 Å². The van der Waals surface area contributed by atoms with Crippen molar-refractivity contribution >= 4 is 11.6 Å². The lowest BCUT2D eigenvalue weighted by atomic mass is 9.92. The van der Waals surface area contributed by atoms with Crippen molar-refractivity contribution in [3.05, 3.63) is 82.4 Å². The fourth-order valence-corrected chi connectivity index (χ4v) is 2.60. The van der Waals surface area contributed by atoms with Crippen LogP contribution in [0.15, 0.2) is 48.8 Å². The molecule has 0 saturated carbocycles. The summed E-state index contributed by atoms with van der Waals surface area (Å²) < 4.78 is 27.9. The molecule has 2 heterocycles. The molecule has 3 aromatic rings. The maximum Gasteiger partial charge on any atom is 0.142 e. The first-order valence-electron chi connectivity index (χ1n) is 6.08. The van der Waals surface area contributed by atoms with Crippen LogP contribution in [0.1, 0.15) is 22.9 Å². The van der Waals surface area contributed by atoms with E-state index >= 15 is 0 Å². The minimum atomic E-state index is -0.633. The van der Waals surface area contributed by atoms with Crippen molar-refractivity contribution < 1.29 is 8.78 Å². The van der Waals surface area contributed by atoms with Gasteiger partial charge < -0.3 is 9.97 Å². The van der Waals surface area contributed by atoms with E-state index < -0.39 is 17.6 Å². The summed E-state index contributed by atoms with van der Waals surface area (Å²) in [7, 11) is 0. The van der Waals surface area contributed by atoms with Gasteiger partial charge in [0.15, 0.2) is 0 Å². The first-order valence-corrected chi connectivity index (χ1v) is 6.46. The molecule has 0 bridgehead atoms. The van der Waals surface area contributed by atoms with Crippen molar-refractivity contribution in [2.24, 2.45) is 0 Å². The Morgan fingerprint density at radius 2 is 1.40 bits per heavy atom. The highest BCUT2D eigenvalue weighted by Gasteiger charge is 2.26. The largest absolute Gasteiger partial charge is 0.364 e. The summed E-state index contributed by atoms with van der Waals surface area (Å²) in [4.78, 5) is 6.06. The molecule has 5 heteroatoms. The van der Waals surface area contributed by atoms with Crippen LogP contribution in [-0.4, -0.2) is 9.97 Å². The SMILES string of the molecule is Fc1ccc(F)c(C(c2ccc[nH]2)c2ccc[nH]2)c1Cl. The predicted octanol–water partition coefficient (Wildman–Crippen LogP) is 4.45. The molecule has 2 nitrogen and oxygen atoms in total. The minimum absolute atomic E-state index is 0.122. The van der Waals surface area contributed by atoms with Gasteiger partial charge in [0.05, 0.1) is 10.9 Å². The van der Waals surface area contributed by atoms with E-state index in [0.717, 1.165) is 23.5 Å². The summed E-state index contributed by atoms with van der Waals surface area (Å²) in [5, 5.41) is -0.195. The lowest BCUT2D eigenvalue weighted by Crippen LogP contribution is -2.08. The van der Waals surface area contributed by atoms with E-state index in [1.54, 1.807) is 24.5 Å². The van der Waals surface area contributed by atoms with Gasteiger partial charge in [-0.15, -0.1) is 0 Å². The van der Waals surface area contributed by atoms with Crippen LogP contribution in [0.3, 0.4) is 0 Å². The summed E-state index contributed by atoms with van der Waals surface area (Å²) >= 11 is 5.98. The summed E-state index contributed by atoms with van der Waals surface area (Å²) in [5.74, 6) is -1.68. The maximum atomic E-state index is 14.2. The molecule has 0 amide bonds. The first kappa shape index (κ1) is 12.9. The van der Waals surface area contributed by atoms with Crippen LogP contribution in [0.2, 0.25) is 5.02 Å². The zero-order chi connectivity index (χ0) is 14.1. The number of hydrogen-bond donors (Lipinski definition) is 2. The normalized spacial score (nSPS) is 11.2. The van der Waals surface area contributed by atoms with Gasteiger partial charge in [-0.3, -0.25) is 0 Å². The molecule has 2 N–H and O–H groups in total. The topological polar surface area (TPSA) is 31.6 Å². The Kier molecular flexibility index (Phi) is 3.32. The second-order valence-corrected chi connectivity index (χ2v) is 4.82. The first-order chi connectivity index (χ1) is 9.68. The van der Waals surface area contributed by atoms with Crippen molar-refractivity contribution in [3.8, 4) is 0 Å². The highest BCUT2D eigenvalue weighted by Crippen LogP contribution is 2.37. The van der Waals surface area contributed by atoms with Crippen LogP contribution < -0.4 is 0 Å². The molecule has 0 radical (unpaired) electrons. The second-order valence-electron chi connectivity index (χ2n) is 4.44. The third kappa shape index (κ3) is 2.12. The van der Waals surface area contributed by atoms with Gasteiger partial charge in [-0.1, -0.05) is 11.6 Å². The second kappa shape index (κ2) is 5.13. The van der Waals surface area contributed by atoms with Gasteiger partial charge in [0.2, 0.25) is 0 Å². The Balaban J connectivity index is 2.24. The number of aromatic amines is 2. The van der Waals surface area contributed by atoms with E-state index in [1.165, 1.54) is 0 Å². The molecule has 0 atom stereocenters. The van der Waals surface area contributed by atoms with E-state index in [1.807, 2.05) is 12.1 Å². The Hall–Kier alpha value is -2.07. The third-order valence-electron chi connectivity index (χ3n) is 3.23. The number of H-pyrrole nitrogens is 2. The van der Waals surface area contributed by atoms with Crippen LogP contribution in [-0.2, 0) is 0 Å². The van der Waals surface area contributed by atoms with E-state index in [0.29, 0.717) is 0 Å². The summed E-state index contributed by atoms with van der Waals surface area (Å²) in [5.41, 5.74) is 1.59. The molecule has 0 unspecified atom stereocenters. The average Bonchev–Trinajstić information content (AvgIpc) is 3.12. The Labute approximate surface area is 119 Å². The van der Waals surface area contributed by atoms with Crippen LogP contribution >= 0.6 is 11.6 Å². The smallest absolute Gasteiger partial charge is 0.142 e. The molecule has 1 aromatic carbocycles. The zero-order valence-electron chi connectivity index (χ0n) is 10.3. The van der Waals surface area contributed by atoms with E-state index in [2.05, 4.69) is 9.97 Å². The Morgan fingerprint density at radius 3 is 1.90 bits per heavy atom. The molecular weight excluding hydrogens is 282 g/mol.